The number of benzene rings is 4. The van der Waals surface area contributed by atoms with Gasteiger partial charge >= 0.3 is 0 Å². The fourth-order valence-electron chi connectivity index (χ4n) is 3.62. The quantitative estimate of drug-likeness (QED) is 0.283. The molecule has 7 nitrogen and oxygen atoms in total. The number of nitrogen functional groups attached to an aromatic ring is 1. The van der Waals surface area contributed by atoms with Crippen molar-refractivity contribution in [2.24, 2.45) is 0 Å². The van der Waals surface area contributed by atoms with Gasteiger partial charge in [-0.25, -0.2) is 0 Å². The Labute approximate surface area is 209 Å². The molecule has 0 heterocycles. The summed E-state index contributed by atoms with van der Waals surface area (Å²) >= 11 is 0. The van der Waals surface area contributed by atoms with Crippen LogP contribution in [0.25, 0.3) is 0 Å². The summed E-state index contributed by atoms with van der Waals surface area (Å²) in [4.78, 5) is 38.7. The van der Waals surface area contributed by atoms with Crippen LogP contribution < -0.4 is 21.7 Å². The molecule has 7 heteroatoms. The minimum absolute atomic E-state index is 0.316. The number of hydrogen-bond acceptors (Lipinski definition) is 4. The van der Waals surface area contributed by atoms with Crippen molar-refractivity contribution in [2.45, 2.75) is 12.6 Å². The predicted octanol–water partition coefficient (Wildman–Crippen LogP) is 4.31. The molecule has 0 spiro atoms. The molecule has 0 fully saturated rings. The van der Waals surface area contributed by atoms with E-state index in [4.69, 9.17) is 5.73 Å². The monoisotopic (exact) mass is 478 g/mol. The maximum atomic E-state index is 13.2. The second-order valence-electron chi connectivity index (χ2n) is 8.14. The Morgan fingerprint density at radius 2 is 1.25 bits per heavy atom. The van der Waals surface area contributed by atoms with Crippen LogP contribution in [-0.2, 0) is 11.3 Å². The molecule has 0 aliphatic carbocycles. The first kappa shape index (κ1) is 24.2. The highest BCUT2D eigenvalue weighted by Crippen LogP contribution is 2.20. The van der Waals surface area contributed by atoms with E-state index >= 15 is 0 Å². The van der Waals surface area contributed by atoms with E-state index in [0.717, 1.165) is 5.56 Å². The van der Waals surface area contributed by atoms with Crippen molar-refractivity contribution in [3.63, 3.8) is 0 Å². The largest absolute Gasteiger partial charge is 0.397 e. The van der Waals surface area contributed by atoms with E-state index in [9.17, 15) is 14.4 Å². The van der Waals surface area contributed by atoms with Gasteiger partial charge in [-0.1, -0.05) is 72.8 Å². The molecular formula is C29H26N4O3. The minimum Gasteiger partial charge on any atom is -0.397 e. The van der Waals surface area contributed by atoms with E-state index in [1.807, 2.05) is 36.4 Å². The van der Waals surface area contributed by atoms with E-state index in [0.29, 0.717) is 34.6 Å². The van der Waals surface area contributed by atoms with Crippen molar-refractivity contribution in [1.82, 2.24) is 10.6 Å². The van der Waals surface area contributed by atoms with Crippen LogP contribution in [0.4, 0.5) is 11.4 Å². The van der Waals surface area contributed by atoms with Crippen molar-refractivity contribution < 1.29 is 14.4 Å². The summed E-state index contributed by atoms with van der Waals surface area (Å²) in [6.45, 7) is 0.316. The summed E-state index contributed by atoms with van der Waals surface area (Å²) in [6, 6.07) is 30.7. The standard InChI is InChI=1S/C29H26N4O3/c30-24-13-7-8-14-25(24)32-27(34)23-17-15-21(16-18-23)26(33-28(35)22-11-5-2-6-12-22)29(36)31-19-20-9-3-1-4-10-20/h1-18,26H,19,30H2,(H,31,36)(H,32,34)(H,33,35). The molecule has 0 aliphatic rings. The minimum atomic E-state index is -0.955. The number of anilines is 2. The van der Waals surface area contributed by atoms with Crippen LogP contribution >= 0.6 is 0 Å². The van der Waals surface area contributed by atoms with Crippen LogP contribution in [0.3, 0.4) is 0 Å². The molecule has 0 aromatic heterocycles. The molecule has 1 unspecified atom stereocenters. The third-order valence-corrected chi connectivity index (χ3v) is 5.60. The number of carbonyl (C=O) groups is 3. The Kier molecular flexibility index (Phi) is 7.73. The van der Waals surface area contributed by atoms with Gasteiger partial charge in [0.05, 0.1) is 11.4 Å². The zero-order valence-corrected chi connectivity index (χ0v) is 19.5. The molecule has 1 atom stereocenters. The number of hydrogen-bond donors (Lipinski definition) is 4. The highest BCUT2D eigenvalue weighted by Gasteiger charge is 2.23. The Hall–Kier alpha value is -4.91. The van der Waals surface area contributed by atoms with Gasteiger partial charge in [0, 0.05) is 17.7 Å². The summed E-state index contributed by atoms with van der Waals surface area (Å²) in [5, 5.41) is 8.47. The van der Waals surface area contributed by atoms with Crippen molar-refractivity contribution in [1.29, 1.82) is 0 Å². The lowest BCUT2D eigenvalue weighted by Crippen LogP contribution is -2.40. The van der Waals surface area contributed by atoms with Crippen LogP contribution in [-0.4, -0.2) is 17.7 Å². The number of nitrogens with two attached hydrogens (primary N) is 1. The van der Waals surface area contributed by atoms with E-state index in [-0.39, 0.29) is 17.7 Å². The highest BCUT2D eigenvalue weighted by atomic mass is 16.2. The first-order valence-corrected chi connectivity index (χ1v) is 11.4. The number of nitrogens with one attached hydrogen (secondary N) is 3. The van der Waals surface area contributed by atoms with Crippen LogP contribution in [0.2, 0.25) is 0 Å². The molecule has 180 valence electrons. The second-order valence-corrected chi connectivity index (χ2v) is 8.14. The lowest BCUT2D eigenvalue weighted by molar-refractivity contribution is -0.123. The van der Waals surface area contributed by atoms with Gasteiger partial charge in [0.2, 0.25) is 5.91 Å². The first-order chi connectivity index (χ1) is 17.5. The average Bonchev–Trinajstić information content (AvgIpc) is 2.92. The second kappa shape index (κ2) is 11.5. The number of rotatable bonds is 8. The van der Waals surface area contributed by atoms with Gasteiger partial charge in [-0.05, 0) is 47.5 Å². The van der Waals surface area contributed by atoms with Crippen LogP contribution in [0, 0.1) is 0 Å². The molecule has 36 heavy (non-hydrogen) atoms. The molecule has 0 saturated carbocycles. The molecule has 0 aliphatic heterocycles. The molecule has 0 saturated heterocycles. The SMILES string of the molecule is Nc1ccccc1NC(=O)c1ccc(C(NC(=O)c2ccccc2)C(=O)NCc2ccccc2)cc1. The Morgan fingerprint density at radius 3 is 1.92 bits per heavy atom. The van der Waals surface area contributed by atoms with Gasteiger partial charge in [0.25, 0.3) is 11.8 Å². The summed E-state index contributed by atoms with van der Waals surface area (Å²) in [7, 11) is 0. The molecule has 0 radical (unpaired) electrons. The maximum Gasteiger partial charge on any atom is 0.255 e. The molecular weight excluding hydrogens is 452 g/mol. The van der Waals surface area contributed by atoms with Crippen molar-refractivity contribution >= 4 is 29.1 Å². The molecule has 0 bridgehead atoms. The Bertz CT molecular complexity index is 1340. The molecule has 4 rings (SSSR count). The summed E-state index contributed by atoms with van der Waals surface area (Å²) in [6.07, 6.45) is 0. The van der Waals surface area contributed by atoms with Crippen LogP contribution in [0.15, 0.2) is 109 Å². The van der Waals surface area contributed by atoms with Gasteiger partial charge in [-0.2, -0.15) is 0 Å². The highest BCUT2D eigenvalue weighted by molar-refractivity contribution is 6.05. The fraction of sp³-hybridized carbons (Fsp3) is 0.0690. The Balaban J connectivity index is 1.52. The van der Waals surface area contributed by atoms with E-state index in [1.54, 1.807) is 72.8 Å². The lowest BCUT2D eigenvalue weighted by Gasteiger charge is -2.19. The van der Waals surface area contributed by atoms with E-state index in [2.05, 4.69) is 16.0 Å². The van der Waals surface area contributed by atoms with Crippen molar-refractivity contribution in [2.75, 3.05) is 11.1 Å². The van der Waals surface area contributed by atoms with Gasteiger partial charge in [-0.3, -0.25) is 14.4 Å². The molecule has 4 aromatic rings. The molecule has 5 N–H and O–H groups in total. The maximum absolute atomic E-state index is 13.2. The smallest absolute Gasteiger partial charge is 0.255 e. The third kappa shape index (κ3) is 6.15. The van der Waals surface area contributed by atoms with E-state index < -0.39 is 6.04 Å². The van der Waals surface area contributed by atoms with Crippen molar-refractivity contribution in [3.8, 4) is 0 Å². The summed E-state index contributed by atoms with van der Waals surface area (Å²) in [5.41, 5.74) is 9.19. The average molecular weight is 479 g/mol. The molecule has 3 amide bonds. The van der Waals surface area contributed by atoms with Gasteiger partial charge < -0.3 is 21.7 Å². The zero-order chi connectivity index (χ0) is 25.3. The number of carbonyl (C=O) groups excluding carboxylic acids is 3. The number of amides is 3. The van der Waals surface area contributed by atoms with Gasteiger partial charge in [0.1, 0.15) is 6.04 Å². The Morgan fingerprint density at radius 1 is 0.667 bits per heavy atom. The molecule has 4 aromatic carbocycles. The normalized spacial score (nSPS) is 11.2. The number of para-hydroxylation sites is 2. The summed E-state index contributed by atoms with van der Waals surface area (Å²) in [5.74, 6) is -1.08. The van der Waals surface area contributed by atoms with Gasteiger partial charge in [-0.15, -0.1) is 0 Å². The zero-order valence-electron chi connectivity index (χ0n) is 19.5. The van der Waals surface area contributed by atoms with Crippen LogP contribution in [0.5, 0.6) is 0 Å². The van der Waals surface area contributed by atoms with Crippen LogP contribution in [0.1, 0.15) is 37.9 Å². The lowest BCUT2D eigenvalue weighted by atomic mass is 10.0. The van der Waals surface area contributed by atoms with Crippen molar-refractivity contribution in [3.05, 3.63) is 131 Å². The third-order valence-electron chi connectivity index (χ3n) is 5.60. The van der Waals surface area contributed by atoms with E-state index in [1.165, 1.54) is 0 Å². The first-order valence-electron chi connectivity index (χ1n) is 11.4. The summed E-state index contributed by atoms with van der Waals surface area (Å²) < 4.78 is 0. The fourth-order valence-corrected chi connectivity index (χ4v) is 3.62. The topological polar surface area (TPSA) is 113 Å². The van der Waals surface area contributed by atoms with Gasteiger partial charge in [0.15, 0.2) is 0 Å². The predicted molar refractivity (Wildman–Crippen MR) is 140 cm³/mol.